The first-order valence-corrected chi connectivity index (χ1v) is 6.56. The molecule has 1 aliphatic carbocycles. The van der Waals surface area contributed by atoms with Crippen molar-refractivity contribution in [2.75, 3.05) is 5.32 Å². The maximum absolute atomic E-state index is 11.8. The van der Waals surface area contributed by atoms with Gasteiger partial charge in [-0.3, -0.25) is 5.32 Å². The molecule has 6 heteroatoms. The summed E-state index contributed by atoms with van der Waals surface area (Å²) >= 11 is 1.29. The number of carbonyl (C=O) groups is 2. The number of anilines is 1. The molecule has 2 rings (SSSR count). The van der Waals surface area contributed by atoms with Crippen LogP contribution in [0, 0.1) is 13.8 Å². The lowest BCUT2D eigenvalue weighted by Gasteiger charge is -2.12. The van der Waals surface area contributed by atoms with Crippen LogP contribution in [0.25, 0.3) is 0 Å². The number of amides is 2. The number of aryl methyl sites for hydroxylation is 1. The molecule has 0 aromatic carbocycles. The molecule has 5 nitrogen and oxygen atoms in total. The molecular weight excluding hydrogens is 252 g/mol. The fraction of sp³-hybridized carbons (Fsp3) is 0.500. The number of carboxylic acid groups (broad SMARTS) is 1. The van der Waals surface area contributed by atoms with E-state index in [1.165, 1.54) is 11.3 Å². The highest BCUT2D eigenvalue weighted by molar-refractivity contribution is 7.16. The van der Waals surface area contributed by atoms with Crippen LogP contribution in [0.4, 0.5) is 9.80 Å². The second-order valence-electron chi connectivity index (χ2n) is 4.93. The molecule has 0 radical (unpaired) electrons. The van der Waals surface area contributed by atoms with Crippen LogP contribution >= 0.6 is 11.3 Å². The Morgan fingerprint density at radius 2 is 1.94 bits per heavy atom. The molecular formula is C12H16N2O3S. The molecule has 0 saturated heterocycles. The Morgan fingerprint density at radius 3 is 2.44 bits per heavy atom. The van der Waals surface area contributed by atoms with Crippen LogP contribution in [0.3, 0.4) is 0 Å². The molecule has 1 heterocycles. The second kappa shape index (κ2) is 4.28. The minimum absolute atomic E-state index is 0.116. The van der Waals surface area contributed by atoms with E-state index in [-0.39, 0.29) is 17.1 Å². The summed E-state index contributed by atoms with van der Waals surface area (Å²) in [5.74, 6) is -1.01. The number of aromatic carboxylic acids is 1. The number of carbonyl (C=O) groups excluding carboxylic acids is 1. The van der Waals surface area contributed by atoms with Crippen molar-refractivity contribution in [2.45, 2.75) is 39.2 Å². The van der Waals surface area contributed by atoms with Crippen molar-refractivity contribution >= 4 is 28.3 Å². The van der Waals surface area contributed by atoms with E-state index < -0.39 is 5.97 Å². The molecule has 1 aromatic heterocycles. The maximum Gasteiger partial charge on any atom is 0.338 e. The van der Waals surface area contributed by atoms with Gasteiger partial charge >= 0.3 is 12.0 Å². The fourth-order valence-corrected chi connectivity index (χ4v) is 2.74. The van der Waals surface area contributed by atoms with Crippen LogP contribution in [0.5, 0.6) is 0 Å². The number of thiophene rings is 1. The molecule has 2 amide bonds. The third-order valence-electron chi connectivity index (χ3n) is 3.24. The van der Waals surface area contributed by atoms with Gasteiger partial charge in [0.05, 0.1) is 5.56 Å². The Labute approximate surface area is 109 Å². The summed E-state index contributed by atoms with van der Waals surface area (Å²) < 4.78 is 0. The third kappa shape index (κ3) is 2.48. The highest BCUT2D eigenvalue weighted by atomic mass is 32.1. The quantitative estimate of drug-likeness (QED) is 0.788. The predicted octanol–water partition coefficient (Wildman–Crippen LogP) is 2.74. The van der Waals surface area contributed by atoms with Crippen molar-refractivity contribution in [1.29, 1.82) is 0 Å². The van der Waals surface area contributed by atoms with E-state index in [0.717, 1.165) is 17.7 Å². The summed E-state index contributed by atoms with van der Waals surface area (Å²) in [5.41, 5.74) is 0.781. The summed E-state index contributed by atoms with van der Waals surface area (Å²) in [5, 5.41) is 15.0. The summed E-state index contributed by atoms with van der Waals surface area (Å²) in [6, 6.07) is -0.334. The van der Waals surface area contributed by atoms with Gasteiger partial charge in [0, 0.05) is 10.4 Å². The summed E-state index contributed by atoms with van der Waals surface area (Å²) in [6.45, 7) is 5.56. The summed E-state index contributed by atoms with van der Waals surface area (Å²) in [4.78, 5) is 23.8. The average molecular weight is 268 g/mol. The van der Waals surface area contributed by atoms with Gasteiger partial charge in [0.1, 0.15) is 5.00 Å². The van der Waals surface area contributed by atoms with Crippen molar-refractivity contribution in [3.8, 4) is 0 Å². The highest BCUT2D eigenvalue weighted by Crippen LogP contribution is 2.35. The molecule has 1 aromatic rings. The molecule has 0 unspecified atom stereocenters. The number of carboxylic acids is 1. The molecule has 0 spiro atoms. The molecule has 1 aliphatic rings. The van der Waals surface area contributed by atoms with Gasteiger partial charge in [-0.25, -0.2) is 9.59 Å². The van der Waals surface area contributed by atoms with Crippen LogP contribution < -0.4 is 10.6 Å². The van der Waals surface area contributed by atoms with Crippen LogP contribution in [0.15, 0.2) is 0 Å². The van der Waals surface area contributed by atoms with Gasteiger partial charge in [0.2, 0.25) is 0 Å². The molecule has 0 aliphatic heterocycles. The van der Waals surface area contributed by atoms with Gasteiger partial charge in [-0.15, -0.1) is 11.3 Å². The number of hydrogen-bond acceptors (Lipinski definition) is 3. The monoisotopic (exact) mass is 268 g/mol. The fourth-order valence-electron chi connectivity index (χ4n) is 1.69. The lowest BCUT2D eigenvalue weighted by Crippen LogP contribution is -2.37. The smallest absolute Gasteiger partial charge is 0.338 e. The Balaban J connectivity index is 2.15. The number of rotatable bonds is 3. The van der Waals surface area contributed by atoms with E-state index in [1.54, 1.807) is 6.92 Å². The van der Waals surface area contributed by atoms with E-state index in [9.17, 15) is 9.59 Å². The molecule has 0 atom stereocenters. The van der Waals surface area contributed by atoms with Gasteiger partial charge < -0.3 is 10.4 Å². The first-order chi connectivity index (χ1) is 8.32. The van der Waals surface area contributed by atoms with Gasteiger partial charge in [-0.1, -0.05) is 0 Å². The molecule has 98 valence electrons. The van der Waals surface area contributed by atoms with Crippen molar-refractivity contribution in [3.05, 3.63) is 16.0 Å². The van der Waals surface area contributed by atoms with Gasteiger partial charge in [-0.05, 0) is 39.2 Å². The van der Waals surface area contributed by atoms with E-state index in [2.05, 4.69) is 10.6 Å². The van der Waals surface area contributed by atoms with Crippen LogP contribution in [0.1, 0.15) is 40.6 Å². The molecule has 18 heavy (non-hydrogen) atoms. The largest absolute Gasteiger partial charge is 0.478 e. The number of hydrogen-bond donors (Lipinski definition) is 3. The van der Waals surface area contributed by atoms with Gasteiger partial charge in [-0.2, -0.15) is 0 Å². The molecule has 0 bridgehead atoms. The van der Waals surface area contributed by atoms with E-state index in [4.69, 9.17) is 5.11 Å². The minimum atomic E-state index is -1.01. The summed E-state index contributed by atoms with van der Waals surface area (Å²) in [6.07, 6.45) is 1.93. The zero-order valence-corrected chi connectivity index (χ0v) is 11.4. The van der Waals surface area contributed by atoms with Crippen LogP contribution in [-0.4, -0.2) is 22.6 Å². The van der Waals surface area contributed by atoms with Crippen molar-refractivity contribution in [2.24, 2.45) is 0 Å². The van der Waals surface area contributed by atoms with Gasteiger partial charge in [0.15, 0.2) is 0 Å². The van der Waals surface area contributed by atoms with Crippen molar-refractivity contribution in [1.82, 2.24) is 5.32 Å². The van der Waals surface area contributed by atoms with E-state index in [0.29, 0.717) is 10.6 Å². The lowest BCUT2D eigenvalue weighted by molar-refractivity contribution is 0.0697. The molecule has 1 saturated carbocycles. The zero-order valence-electron chi connectivity index (χ0n) is 10.6. The van der Waals surface area contributed by atoms with Crippen LogP contribution in [-0.2, 0) is 0 Å². The standard InChI is InChI=1S/C12H16N2O3S/c1-6-7(2)18-9(8(6)10(15)16)13-11(17)14-12(3)4-5-12/h4-5H2,1-3H3,(H,15,16)(H2,13,14,17). The Kier molecular flexibility index (Phi) is 3.06. The normalized spacial score (nSPS) is 16.2. The Bertz CT molecular complexity index is 518. The SMILES string of the molecule is Cc1sc(NC(=O)NC2(C)CC2)c(C(=O)O)c1C. The van der Waals surface area contributed by atoms with E-state index in [1.807, 2.05) is 13.8 Å². The Morgan fingerprint density at radius 1 is 1.33 bits per heavy atom. The first kappa shape index (κ1) is 12.9. The van der Waals surface area contributed by atoms with E-state index >= 15 is 0 Å². The Hall–Kier alpha value is -1.56. The number of nitrogens with one attached hydrogen (secondary N) is 2. The molecule has 3 N–H and O–H groups in total. The zero-order chi connectivity index (χ0) is 13.5. The van der Waals surface area contributed by atoms with Crippen molar-refractivity contribution in [3.63, 3.8) is 0 Å². The minimum Gasteiger partial charge on any atom is -0.478 e. The molecule has 1 fully saturated rings. The number of urea groups is 1. The van der Waals surface area contributed by atoms with Crippen molar-refractivity contribution < 1.29 is 14.7 Å². The maximum atomic E-state index is 11.8. The predicted molar refractivity (Wildman–Crippen MR) is 70.5 cm³/mol. The lowest BCUT2D eigenvalue weighted by atomic mass is 10.1. The van der Waals surface area contributed by atoms with Crippen LogP contribution in [0.2, 0.25) is 0 Å². The van der Waals surface area contributed by atoms with Gasteiger partial charge in [0.25, 0.3) is 0 Å². The first-order valence-electron chi connectivity index (χ1n) is 5.75. The topological polar surface area (TPSA) is 78.4 Å². The third-order valence-corrected chi connectivity index (χ3v) is 4.36. The second-order valence-corrected chi connectivity index (χ2v) is 6.16. The highest BCUT2D eigenvalue weighted by Gasteiger charge is 2.39. The average Bonchev–Trinajstić information content (AvgIpc) is 2.87. The summed E-state index contributed by atoms with van der Waals surface area (Å²) in [7, 11) is 0.